The maximum absolute atomic E-state index is 12.9. The van der Waals surface area contributed by atoms with Crippen molar-refractivity contribution in [1.82, 2.24) is 5.32 Å². The molecule has 0 aliphatic heterocycles. The van der Waals surface area contributed by atoms with Crippen molar-refractivity contribution in [3.63, 3.8) is 0 Å². The van der Waals surface area contributed by atoms with Gasteiger partial charge >= 0.3 is 7.82 Å². The van der Waals surface area contributed by atoms with E-state index in [1.54, 1.807) is 0 Å². The minimum absolute atomic E-state index is 0.0694. The molecule has 9 heteroatoms. The van der Waals surface area contributed by atoms with E-state index in [9.17, 15) is 19.4 Å². The Labute approximate surface area is 407 Å². The second-order valence-corrected chi connectivity index (χ2v) is 20.3. The Hall–Kier alpha value is -2.58. The van der Waals surface area contributed by atoms with E-state index >= 15 is 0 Å². The molecular weight excluding hydrogens is 840 g/mol. The molecule has 1 amide bonds. The molecule has 0 aliphatic rings. The lowest BCUT2D eigenvalue weighted by Crippen LogP contribution is -2.46. The lowest BCUT2D eigenvalue weighted by atomic mass is 10.0. The predicted molar refractivity (Wildman–Crippen MR) is 286 cm³/mol. The summed E-state index contributed by atoms with van der Waals surface area (Å²) in [7, 11) is 1.60. The molecule has 380 valence electrons. The third-order valence-corrected chi connectivity index (χ3v) is 12.3. The van der Waals surface area contributed by atoms with Gasteiger partial charge in [0.15, 0.2) is 0 Å². The molecule has 3 N–H and O–H groups in total. The van der Waals surface area contributed by atoms with E-state index in [1.165, 1.54) is 83.5 Å². The lowest BCUT2D eigenvalue weighted by molar-refractivity contribution is -0.870. The highest BCUT2D eigenvalue weighted by atomic mass is 31.2. The SMILES string of the molecule is CC/C=C\C/C=C\C/C=C\C/C=C\C/C=C\C/C=C\C/C=C\C/C=C\CCCCCCCCCCCCC(=O)NC(COP(=O)(O)OCC[N+](C)(C)C)C(O)CCCCCCCCCCC. The number of aliphatic hydroxyl groups excluding tert-OH is 1. The van der Waals surface area contributed by atoms with Crippen LogP contribution in [-0.4, -0.2) is 73.4 Å². The molecule has 0 bridgehead atoms. The topological polar surface area (TPSA) is 105 Å². The molecule has 3 atom stereocenters. The van der Waals surface area contributed by atoms with Gasteiger partial charge in [-0.1, -0.05) is 220 Å². The number of nitrogens with zero attached hydrogens (tertiary/aromatic N) is 1. The van der Waals surface area contributed by atoms with Crippen LogP contribution in [0.25, 0.3) is 0 Å². The number of allylic oxidation sites excluding steroid dienone is 16. The van der Waals surface area contributed by atoms with Crippen molar-refractivity contribution in [2.75, 3.05) is 40.9 Å². The molecule has 0 fully saturated rings. The molecule has 0 aliphatic carbocycles. The molecular formula is C57H102N2O6P+. The minimum atomic E-state index is -4.32. The summed E-state index contributed by atoms with van der Waals surface area (Å²) in [6.07, 6.45) is 67.5. The summed E-state index contributed by atoms with van der Waals surface area (Å²) in [5.74, 6) is -0.156. The molecule has 8 nitrogen and oxygen atoms in total. The third kappa shape index (κ3) is 49.3. The standard InChI is InChI=1S/C57H101N2O6P/c1-6-8-10-12-14-16-17-18-19-20-21-22-23-24-25-26-27-28-29-30-31-32-33-34-35-36-37-38-39-40-41-43-45-47-49-51-57(61)58-55(54-65-66(62,63)64-53-52-59(3,4)5)56(60)50-48-46-44-42-15-13-11-9-7-2/h8,10,14,16,18-19,21-22,24-25,27-28,30-31,33-34,55-56,60H,6-7,9,11-13,15,17,20,23,26,29,32,35-54H2,1-5H3,(H-,58,61,62,63)/p+1/b10-8-,16-14-,19-18-,22-21-,25-24-,28-27-,31-30-,34-33-. The van der Waals surface area contributed by atoms with Gasteiger partial charge in [-0.3, -0.25) is 13.8 Å². The number of phosphoric ester groups is 1. The van der Waals surface area contributed by atoms with Gasteiger partial charge in [0, 0.05) is 6.42 Å². The van der Waals surface area contributed by atoms with Crippen molar-refractivity contribution in [2.24, 2.45) is 0 Å². The number of amides is 1. The van der Waals surface area contributed by atoms with Crippen LogP contribution in [0.5, 0.6) is 0 Å². The van der Waals surface area contributed by atoms with Crippen molar-refractivity contribution < 1.29 is 32.9 Å². The van der Waals surface area contributed by atoms with Crippen molar-refractivity contribution in [3.8, 4) is 0 Å². The summed E-state index contributed by atoms with van der Waals surface area (Å²) >= 11 is 0. The quantitative estimate of drug-likeness (QED) is 0.0243. The van der Waals surface area contributed by atoms with E-state index in [4.69, 9.17) is 9.05 Å². The van der Waals surface area contributed by atoms with Gasteiger partial charge < -0.3 is 19.8 Å². The molecule has 66 heavy (non-hydrogen) atoms. The monoisotopic (exact) mass is 942 g/mol. The van der Waals surface area contributed by atoms with Crippen LogP contribution < -0.4 is 5.32 Å². The first-order valence-corrected chi connectivity index (χ1v) is 28.1. The average Bonchev–Trinajstić information content (AvgIpc) is 3.28. The summed E-state index contributed by atoms with van der Waals surface area (Å²) in [6.45, 7) is 4.73. The molecule has 0 radical (unpaired) electrons. The van der Waals surface area contributed by atoms with Gasteiger partial charge in [-0.15, -0.1) is 0 Å². The molecule has 0 aromatic heterocycles. The Morgan fingerprint density at radius 3 is 1.33 bits per heavy atom. The summed E-state index contributed by atoms with van der Waals surface area (Å²) in [6, 6.07) is -0.766. The van der Waals surface area contributed by atoms with E-state index < -0.39 is 20.0 Å². The molecule has 0 saturated heterocycles. The Morgan fingerprint density at radius 1 is 0.530 bits per heavy atom. The van der Waals surface area contributed by atoms with E-state index in [1.807, 2.05) is 21.1 Å². The maximum atomic E-state index is 12.9. The van der Waals surface area contributed by atoms with E-state index in [2.05, 4.69) is 116 Å². The lowest BCUT2D eigenvalue weighted by Gasteiger charge is -2.26. The average molecular weight is 942 g/mol. The van der Waals surface area contributed by atoms with Gasteiger partial charge in [0.05, 0.1) is 39.9 Å². The largest absolute Gasteiger partial charge is 0.472 e. The van der Waals surface area contributed by atoms with Gasteiger partial charge in [-0.05, 0) is 77.0 Å². The number of rotatable bonds is 47. The van der Waals surface area contributed by atoms with Crippen LogP contribution in [0, 0.1) is 0 Å². The number of likely N-dealkylation sites (N-methyl/N-ethyl adjacent to an activating group) is 1. The van der Waals surface area contributed by atoms with Crippen LogP contribution in [-0.2, 0) is 18.4 Å². The summed E-state index contributed by atoms with van der Waals surface area (Å²) in [4.78, 5) is 23.2. The van der Waals surface area contributed by atoms with Gasteiger partial charge in [-0.2, -0.15) is 0 Å². The normalized spacial score (nSPS) is 14.8. The zero-order chi connectivity index (χ0) is 48.5. The minimum Gasteiger partial charge on any atom is -0.391 e. The predicted octanol–water partition coefficient (Wildman–Crippen LogP) is 15.9. The highest BCUT2D eigenvalue weighted by Gasteiger charge is 2.28. The van der Waals surface area contributed by atoms with E-state index in [0.29, 0.717) is 23.9 Å². The van der Waals surface area contributed by atoms with Gasteiger partial charge in [0.25, 0.3) is 0 Å². The van der Waals surface area contributed by atoms with Crippen LogP contribution in [0.2, 0.25) is 0 Å². The number of aliphatic hydroxyl groups is 1. The molecule has 0 saturated carbocycles. The second-order valence-electron chi connectivity index (χ2n) is 18.9. The number of carbonyl (C=O) groups excluding carboxylic acids is 1. The van der Waals surface area contributed by atoms with Crippen LogP contribution in [0.1, 0.15) is 206 Å². The highest BCUT2D eigenvalue weighted by molar-refractivity contribution is 7.47. The first-order valence-electron chi connectivity index (χ1n) is 26.6. The van der Waals surface area contributed by atoms with Crippen molar-refractivity contribution in [1.29, 1.82) is 0 Å². The molecule has 0 heterocycles. The van der Waals surface area contributed by atoms with Gasteiger partial charge in [-0.25, -0.2) is 4.57 Å². The summed E-state index contributed by atoms with van der Waals surface area (Å²) in [5.41, 5.74) is 0. The number of hydrogen-bond acceptors (Lipinski definition) is 5. The summed E-state index contributed by atoms with van der Waals surface area (Å²) < 4.78 is 23.6. The first kappa shape index (κ1) is 63.4. The third-order valence-electron chi connectivity index (χ3n) is 11.3. The van der Waals surface area contributed by atoms with E-state index in [-0.39, 0.29) is 19.1 Å². The fourth-order valence-electron chi connectivity index (χ4n) is 7.18. The van der Waals surface area contributed by atoms with Crippen molar-refractivity contribution >= 4 is 13.7 Å². The van der Waals surface area contributed by atoms with Gasteiger partial charge in [0.1, 0.15) is 13.2 Å². The number of unbranched alkanes of at least 4 members (excludes halogenated alkanes) is 18. The van der Waals surface area contributed by atoms with Crippen LogP contribution in [0.3, 0.4) is 0 Å². The maximum Gasteiger partial charge on any atom is 0.472 e. The van der Waals surface area contributed by atoms with Crippen molar-refractivity contribution in [3.05, 3.63) is 97.2 Å². The Bertz CT molecular complexity index is 1390. The number of quaternary nitrogens is 1. The zero-order valence-corrected chi connectivity index (χ0v) is 44.0. The molecule has 0 spiro atoms. The number of phosphoric acid groups is 1. The van der Waals surface area contributed by atoms with Gasteiger partial charge in [0.2, 0.25) is 5.91 Å². The van der Waals surface area contributed by atoms with Crippen LogP contribution >= 0.6 is 7.82 Å². The molecule has 0 rings (SSSR count). The Morgan fingerprint density at radius 2 is 0.909 bits per heavy atom. The zero-order valence-electron chi connectivity index (χ0n) is 43.1. The molecule has 3 unspecified atom stereocenters. The first-order chi connectivity index (χ1) is 32.0. The highest BCUT2D eigenvalue weighted by Crippen LogP contribution is 2.43. The summed E-state index contributed by atoms with van der Waals surface area (Å²) in [5, 5.41) is 13.9. The second kappa shape index (κ2) is 47.5. The molecule has 0 aromatic rings. The Kier molecular flexibility index (Phi) is 45.6. The fraction of sp³-hybridized carbons (Fsp3) is 0.702. The fourth-order valence-corrected chi connectivity index (χ4v) is 7.91. The number of hydrogen-bond donors (Lipinski definition) is 3. The number of nitrogens with one attached hydrogen (secondary N) is 1. The van der Waals surface area contributed by atoms with Crippen LogP contribution in [0.15, 0.2) is 97.2 Å². The van der Waals surface area contributed by atoms with Crippen molar-refractivity contribution in [2.45, 2.75) is 219 Å². The Balaban J connectivity index is 4.05. The van der Waals surface area contributed by atoms with E-state index in [0.717, 1.165) is 96.3 Å². The molecule has 0 aromatic carbocycles. The smallest absolute Gasteiger partial charge is 0.391 e. The van der Waals surface area contributed by atoms with Crippen LogP contribution in [0.4, 0.5) is 0 Å². The number of carbonyl (C=O) groups is 1.